The fourth-order valence-corrected chi connectivity index (χ4v) is 6.08. The molecule has 0 unspecified atom stereocenters. The molecule has 1 atom stereocenters. The summed E-state index contributed by atoms with van der Waals surface area (Å²) in [5.74, 6) is -1.28. The molecule has 0 aliphatic rings. The standard InChI is InChI=1S/C29H30Cl2F3N3O4S/c1-3-16-35-28(39)26(4-2)36(18-20-10-8-9-13-24(20)30)27(38)19-37(42(40,41)22-11-6-5-7-12-22)21-14-15-25(31)23(17-21)29(32,33)34/h5-15,17,26H,3-4,16,18-19H2,1-2H3,(H,35,39)/t26-/m1/s1. The zero-order chi connectivity index (χ0) is 31.1. The lowest BCUT2D eigenvalue weighted by Gasteiger charge is -2.33. The third-order valence-corrected chi connectivity index (χ3v) is 8.87. The first-order valence-corrected chi connectivity index (χ1v) is 15.3. The molecular weight excluding hydrogens is 614 g/mol. The molecule has 0 aliphatic carbocycles. The van der Waals surface area contributed by atoms with Gasteiger partial charge in [-0.2, -0.15) is 13.2 Å². The van der Waals surface area contributed by atoms with E-state index in [2.05, 4.69) is 5.32 Å². The summed E-state index contributed by atoms with van der Waals surface area (Å²) in [5.41, 5.74) is -1.19. The maximum Gasteiger partial charge on any atom is 0.417 e. The molecule has 13 heteroatoms. The van der Waals surface area contributed by atoms with Crippen molar-refractivity contribution in [1.82, 2.24) is 10.2 Å². The van der Waals surface area contributed by atoms with Crippen LogP contribution in [-0.2, 0) is 32.3 Å². The van der Waals surface area contributed by atoms with Gasteiger partial charge in [-0.05, 0) is 54.8 Å². The quantitative estimate of drug-likeness (QED) is 0.243. The van der Waals surface area contributed by atoms with Gasteiger partial charge in [-0.25, -0.2) is 8.42 Å². The van der Waals surface area contributed by atoms with Crippen LogP contribution in [0.5, 0.6) is 0 Å². The predicted molar refractivity (Wildman–Crippen MR) is 157 cm³/mol. The number of halogens is 5. The number of carbonyl (C=O) groups is 2. The Labute approximate surface area is 253 Å². The Kier molecular flexibility index (Phi) is 11.3. The van der Waals surface area contributed by atoms with E-state index in [-0.39, 0.29) is 17.9 Å². The minimum atomic E-state index is -4.89. The molecule has 0 aliphatic heterocycles. The molecule has 1 N–H and O–H groups in total. The summed E-state index contributed by atoms with van der Waals surface area (Å²) < 4.78 is 69.4. The van der Waals surface area contributed by atoms with Crippen molar-refractivity contribution in [3.8, 4) is 0 Å². The van der Waals surface area contributed by atoms with Gasteiger partial charge in [0.05, 0.1) is 21.2 Å². The van der Waals surface area contributed by atoms with Crippen LogP contribution < -0.4 is 9.62 Å². The molecular formula is C29H30Cl2F3N3O4S. The van der Waals surface area contributed by atoms with Gasteiger partial charge in [0.2, 0.25) is 11.8 Å². The Balaban J connectivity index is 2.14. The number of nitrogens with zero attached hydrogens (tertiary/aromatic N) is 2. The van der Waals surface area contributed by atoms with Gasteiger partial charge in [-0.15, -0.1) is 0 Å². The van der Waals surface area contributed by atoms with Gasteiger partial charge >= 0.3 is 6.18 Å². The molecule has 0 saturated carbocycles. The Morgan fingerprint density at radius 3 is 2.17 bits per heavy atom. The fraction of sp³-hybridized carbons (Fsp3) is 0.310. The summed E-state index contributed by atoms with van der Waals surface area (Å²) in [5, 5.41) is 2.44. The number of sulfonamides is 1. The van der Waals surface area contributed by atoms with Crippen LogP contribution >= 0.6 is 23.2 Å². The summed E-state index contributed by atoms with van der Waals surface area (Å²) in [7, 11) is -4.56. The molecule has 3 aromatic rings. The Hall–Kier alpha value is -3.28. The SMILES string of the molecule is CCCNC(=O)[C@@H](CC)N(Cc1ccccc1Cl)C(=O)CN(c1ccc(Cl)c(C(F)(F)F)c1)S(=O)(=O)c1ccccc1. The van der Waals surface area contributed by atoms with Gasteiger partial charge in [0.15, 0.2) is 0 Å². The molecule has 3 rings (SSSR count). The third-order valence-electron chi connectivity index (χ3n) is 6.39. The van der Waals surface area contributed by atoms with Gasteiger partial charge < -0.3 is 10.2 Å². The molecule has 0 saturated heterocycles. The van der Waals surface area contributed by atoms with E-state index in [0.29, 0.717) is 33.9 Å². The molecule has 226 valence electrons. The number of nitrogens with one attached hydrogen (secondary N) is 1. The number of hydrogen-bond donors (Lipinski definition) is 1. The Morgan fingerprint density at radius 2 is 1.57 bits per heavy atom. The number of anilines is 1. The van der Waals surface area contributed by atoms with Crippen molar-refractivity contribution >= 4 is 50.7 Å². The minimum absolute atomic E-state index is 0.149. The van der Waals surface area contributed by atoms with E-state index >= 15 is 0 Å². The van der Waals surface area contributed by atoms with Crippen molar-refractivity contribution in [1.29, 1.82) is 0 Å². The van der Waals surface area contributed by atoms with Crippen LogP contribution in [-0.4, -0.2) is 44.3 Å². The zero-order valence-electron chi connectivity index (χ0n) is 22.9. The highest BCUT2D eigenvalue weighted by Gasteiger charge is 2.37. The van der Waals surface area contributed by atoms with E-state index in [1.807, 2.05) is 6.92 Å². The van der Waals surface area contributed by atoms with Gasteiger partial charge in [0, 0.05) is 18.1 Å². The van der Waals surface area contributed by atoms with Crippen LogP contribution in [0.3, 0.4) is 0 Å². The zero-order valence-corrected chi connectivity index (χ0v) is 25.2. The fourth-order valence-electron chi connectivity index (χ4n) is 4.23. The largest absolute Gasteiger partial charge is 0.417 e. The van der Waals surface area contributed by atoms with E-state index in [0.717, 1.165) is 12.1 Å². The summed E-state index contributed by atoms with van der Waals surface area (Å²) in [6.07, 6.45) is -4.07. The smallest absolute Gasteiger partial charge is 0.354 e. The van der Waals surface area contributed by atoms with Crippen LogP contribution in [0.2, 0.25) is 10.0 Å². The van der Waals surface area contributed by atoms with Crippen LogP contribution in [0.1, 0.15) is 37.8 Å². The maximum absolute atomic E-state index is 14.0. The van der Waals surface area contributed by atoms with E-state index in [4.69, 9.17) is 23.2 Å². The molecule has 0 aromatic heterocycles. The monoisotopic (exact) mass is 643 g/mol. The summed E-state index contributed by atoms with van der Waals surface area (Å²) in [6, 6.07) is 15.2. The first-order valence-electron chi connectivity index (χ1n) is 13.1. The molecule has 0 radical (unpaired) electrons. The van der Waals surface area contributed by atoms with Gasteiger partial charge in [0.1, 0.15) is 12.6 Å². The highest BCUT2D eigenvalue weighted by Crippen LogP contribution is 2.38. The van der Waals surface area contributed by atoms with E-state index in [1.54, 1.807) is 37.3 Å². The van der Waals surface area contributed by atoms with Crippen molar-refractivity contribution in [2.75, 3.05) is 17.4 Å². The second-order valence-corrected chi connectivity index (χ2v) is 12.0. The van der Waals surface area contributed by atoms with Crippen molar-refractivity contribution in [2.45, 2.75) is 50.3 Å². The molecule has 42 heavy (non-hydrogen) atoms. The van der Waals surface area contributed by atoms with E-state index in [1.165, 1.54) is 29.2 Å². The number of rotatable bonds is 12. The van der Waals surface area contributed by atoms with E-state index < -0.39 is 56.9 Å². The topological polar surface area (TPSA) is 86.8 Å². The molecule has 7 nitrogen and oxygen atoms in total. The van der Waals surface area contributed by atoms with Crippen LogP contribution in [0.4, 0.5) is 18.9 Å². The van der Waals surface area contributed by atoms with Gasteiger partial charge in [0.25, 0.3) is 10.0 Å². The first kappa shape index (κ1) is 33.2. The Bertz CT molecular complexity index is 1510. The normalized spacial score (nSPS) is 12.5. The lowest BCUT2D eigenvalue weighted by molar-refractivity contribution is -0.140. The van der Waals surface area contributed by atoms with E-state index in [9.17, 15) is 31.2 Å². The van der Waals surface area contributed by atoms with Crippen molar-refractivity contribution < 1.29 is 31.2 Å². The average Bonchev–Trinajstić information content (AvgIpc) is 2.95. The lowest BCUT2D eigenvalue weighted by Crippen LogP contribution is -2.52. The minimum Gasteiger partial charge on any atom is -0.354 e. The molecule has 0 spiro atoms. The summed E-state index contributed by atoms with van der Waals surface area (Å²) in [4.78, 5) is 28.1. The molecule has 0 bridgehead atoms. The molecule has 0 heterocycles. The number of carbonyl (C=O) groups excluding carboxylic acids is 2. The average molecular weight is 645 g/mol. The number of benzene rings is 3. The van der Waals surface area contributed by atoms with Crippen molar-refractivity contribution in [3.63, 3.8) is 0 Å². The third kappa shape index (κ3) is 7.96. The van der Waals surface area contributed by atoms with Crippen LogP contribution in [0.15, 0.2) is 77.7 Å². The number of amides is 2. The highest BCUT2D eigenvalue weighted by molar-refractivity contribution is 7.92. The van der Waals surface area contributed by atoms with Gasteiger partial charge in [-0.3, -0.25) is 13.9 Å². The molecule has 2 amide bonds. The van der Waals surface area contributed by atoms with Crippen molar-refractivity contribution in [2.24, 2.45) is 0 Å². The highest BCUT2D eigenvalue weighted by atomic mass is 35.5. The molecule has 0 fully saturated rings. The predicted octanol–water partition coefficient (Wildman–Crippen LogP) is 6.54. The van der Waals surface area contributed by atoms with Crippen LogP contribution in [0.25, 0.3) is 0 Å². The first-order chi connectivity index (χ1) is 19.8. The van der Waals surface area contributed by atoms with Crippen LogP contribution in [0, 0.1) is 0 Å². The lowest BCUT2D eigenvalue weighted by atomic mass is 10.1. The summed E-state index contributed by atoms with van der Waals surface area (Å²) in [6.45, 7) is 2.85. The Morgan fingerprint density at radius 1 is 0.929 bits per heavy atom. The summed E-state index contributed by atoms with van der Waals surface area (Å²) >= 11 is 12.1. The number of alkyl halides is 3. The maximum atomic E-state index is 14.0. The van der Waals surface area contributed by atoms with Gasteiger partial charge in [-0.1, -0.05) is 73.4 Å². The second-order valence-electron chi connectivity index (χ2n) is 9.31. The molecule has 3 aromatic carbocycles. The number of hydrogen-bond acceptors (Lipinski definition) is 4. The van der Waals surface area contributed by atoms with Crippen molar-refractivity contribution in [3.05, 3.63) is 94.0 Å². The second kappa shape index (κ2) is 14.3.